The summed E-state index contributed by atoms with van der Waals surface area (Å²) in [4.78, 5) is 22.3. The Morgan fingerprint density at radius 3 is 2.81 bits per heavy atom. The standard InChI is InChI=1S/C12H14N2O2/c15-9-11-6-7-12(16)14(13-11)8-10-4-2-1-3-5-10/h1-5,9,11,13H,6-8H2. The van der Waals surface area contributed by atoms with Crippen molar-refractivity contribution in [2.24, 2.45) is 0 Å². The predicted molar refractivity (Wildman–Crippen MR) is 59.2 cm³/mol. The smallest absolute Gasteiger partial charge is 0.237 e. The van der Waals surface area contributed by atoms with Crippen molar-refractivity contribution in [2.45, 2.75) is 25.4 Å². The van der Waals surface area contributed by atoms with Gasteiger partial charge in [-0.1, -0.05) is 30.3 Å². The predicted octanol–water partition coefficient (Wildman–Crippen LogP) is 0.881. The summed E-state index contributed by atoms with van der Waals surface area (Å²) in [6.07, 6.45) is 1.88. The van der Waals surface area contributed by atoms with E-state index in [1.807, 2.05) is 30.3 Å². The molecule has 0 saturated carbocycles. The molecule has 0 aliphatic carbocycles. The van der Waals surface area contributed by atoms with E-state index in [2.05, 4.69) is 5.43 Å². The van der Waals surface area contributed by atoms with E-state index in [1.165, 1.54) is 5.01 Å². The first-order chi connectivity index (χ1) is 7.79. The molecule has 1 aromatic carbocycles. The average molecular weight is 218 g/mol. The lowest BCUT2D eigenvalue weighted by molar-refractivity contribution is -0.140. The van der Waals surface area contributed by atoms with E-state index in [0.29, 0.717) is 19.4 Å². The number of hydrogen-bond acceptors (Lipinski definition) is 3. The number of hydrazine groups is 1. The van der Waals surface area contributed by atoms with Gasteiger partial charge >= 0.3 is 0 Å². The molecule has 4 nitrogen and oxygen atoms in total. The van der Waals surface area contributed by atoms with Crippen molar-refractivity contribution in [2.75, 3.05) is 0 Å². The van der Waals surface area contributed by atoms with Gasteiger partial charge in [-0.3, -0.25) is 9.80 Å². The summed E-state index contributed by atoms with van der Waals surface area (Å²) >= 11 is 0. The van der Waals surface area contributed by atoms with Gasteiger partial charge in [0.05, 0.1) is 12.6 Å². The van der Waals surface area contributed by atoms with Gasteiger partial charge < -0.3 is 4.79 Å². The number of rotatable bonds is 3. The highest BCUT2D eigenvalue weighted by Crippen LogP contribution is 2.11. The molecule has 0 spiro atoms. The maximum atomic E-state index is 11.6. The normalized spacial score (nSPS) is 20.9. The van der Waals surface area contributed by atoms with E-state index in [0.717, 1.165) is 11.8 Å². The molecular weight excluding hydrogens is 204 g/mol. The summed E-state index contributed by atoms with van der Waals surface area (Å²) in [6, 6.07) is 9.48. The quantitative estimate of drug-likeness (QED) is 0.766. The van der Waals surface area contributed by atoms with Crippen molar-refractivity contribution in [3.05, 3.63) is 35.9 Å². The van der Waals surface area contributed by atoms with Crippen LogP contribution in [-0.2, 0) is 16.1 Å². The Hall–Kier alpha value is -1.68. The zero-order chi connectivity index (χ0) is 11.4. The molecule has 1 aliphatic rings. The second-order valence-electron chi connectivity index (χ2n) is 3.88. The van der Waals surface area contributed by atoms with Crippen LogP contribution in [-0.4, -0.2) is 23.2 Å². The van der Waals surface area contributed by atoms with E-state index in [1.54, 1.807) is 0 Å². The molecule has 1 unspecified atom stereocenters. The highest BCUT2D eigenvalue weighted by Gasteiger charge is 2.24. The zero-order valence-electron chi connectivity index (χ0n) is 8.93. The molecule has 0 aromatic heterocycles. The Morgan fingerprint density at radius 2 is 2.12 bits per heavy atom. The molecule has 16 heavy (non-hydrogen) atoms. The third-order valence-corrected chi connectivity index (χ3v) is 2.64. The number of nitrogens with zero attached hydrogens (tertiary/aromatic N) is 1. The zero-order valence-corrected chi connectivity index (χ0v) is 8.93. The molecule has 1 aliphatic heterocycles. The summed E-state index contributed by atoms with van der Waals surface area (Å²) in [7, 11) is 0. The van der Waals surface area contributed by atoms with E-state index in [-0.39, 0.29) is 11.9 Å². The molecule has 0 radical (unpaired) electrons. The molecule has 84 valence electrons. The molecule has 0 bridgehead atoms. The third-order valence-electron chi connectivity index (χ3n) is 2.64. The van der Waals surface area contributed by atoms with Gasteiger partial charge in [-0.05, 0) is 12.0 Å². The van der Waals surface area contributed by atoms with Crippen molar-refractivity contribution in [1.29, 1.82) is 0 Å². The summed E-state index contributed by atoms with van der Waals surface area (Å²) in [5, 5.41) is 1.53. The van der Waals surface area contributed by atoms with E-state index >= 15 is 0 Å². The Labute approximate surface area is 94.2 Å². The minimum Gasteiger partial charge on any atom is -0.302 e. The highest BCUT2D eigenvalue weighted by molar-refractivity contribution is 5.78. The van der Waals surface area contributed by atoms with Crippen molar-refractivity contribution < 1.29 is 9.59 Å². The molecule has 4 heteroatoms. The fourth-order valence-electron chi connectivity index (χ4n) is 1.75. The number of benzene rings is 1. The van der Waals surface area contributed by atoms with Crippen LogP contribution in [0.2, 0.25) is 0 Å². The Bertz CT molecular complexity index is 378. The van der Waals surface area contributed by atoms with Crippen LogP contribution in [0.15, 0.2) is 30.3 Å². The number of amides is 1. The lowest BCUT2D eigenvalue weighted by atomic mass is 10.1. The number of hydrogen-bond donors (Lipinski definition) is 1. The lowest BCUT2D eigenvalue weighted by Crippen LogP contribution is -2.52. The maximum absolute atomic E-state index is 11.6. The molecule has 2 rings (SSSR count). The third kappa shape index (κ3) is 2.46. The van der Waals surface area contributed by atoms with Crippen molar-refractivity contribution in [3.8, 4) is 0 Å². The number of aldehydes is 1. The van der Waals surface area contributed by atoms with Gasteiger partial charge in [-0.15, -0.1) is 0 Å². The van der Waals surface area contributed by atoms with Crippen molar-refractivity contribution >= 4 is 12.2 Å². The largest absolute Gasteiger partial charge is 0.302 e. The molecule has 1 fully saturated rings. The topological polar surface area (TPSA) is 49.4 Å². The fraction of sp³-hybridized carbons (Fsp3) is 0.333. The molecule has 1 aromatic rings. The van der Waals surface area contributed by atoms with Crippen LogP contribution in [0.1, 0.15) is 18.4 Å². The Kier molecular flexibility index (Phi) is 3.31. The molecular formula is C12H14N2O2. The van der Waals surface area contributed by atoms with Crippen LogP contribution in [0.25, 0.3) is 0 Å². The van der Waals surface area contributed by atoms with Gasteiger partial charge in [0, 0.05) is 6.42 Å². The Balaban J connectivity index is 2.02. The van der Waals surface area contributed by atoms with Crippen LogP contribution in [0.3, 0.4) is 0 Å². The SMILES string of the molecule is O=CC1CCC(=O)N(Cc2ccccc2)N1. The first kappa shape index (κ1) is 10.8. The summed E-state index contributed by atoms with van der Waals surface area (Å²) in [5.41, 5.74) is 3.97. The highest BCUT2D eigenvalue weighted by atomic mass is 16.2. The van der Waals surface area contributed by atoms with Gasteiger partial charge in [-0.2, -0.15) is 0 Å². The van der Waals surface area contributed by atoms with Crippen LogP contribution in [0, 0.1) is 0 Å². The van der Waals surface area contributed by atoms with Gasteiger partial charge in [0.15, 0.2) is 0 Å². The number of carbonyl (C=O) groups is 2. The first-order valence-electron chi connectivity index (χ1n) is 5.35. The van der Waals surface area contributed by atoms with Gasteiger partial charge in [0.25, 0.3) is 0 Å². The average Bonchev–Trinajstić information content (AvgIpc) is 2.33. The molecule has 1 atom stereocenters. The van der Waals surface area contributed by atoms with Crippen LogP contribution in [0.4, 0.5) is 0 Å². The van der Waals surface area contributed by atoms with Crippen LogP contribution >= 0.6 is 0 Å². The molecule has 1 heterocycles. The van der Waals surface area contributed by atoms with Gasteiger partial charge in [-0.25, -0.2) is 5.43 Å². The lowest BCUT2D eigenvalue weighted by Gasteiger charge is -2.31. The minimum absolute atomic E-state index is 0.0435. The van der Waals surface area contributed by atoms with Crippen molar-refractivity contribution in [3.63, 3.8) is 0 Å². The van der Waals surface area contributed by atoms with Crippen molar-refractivity contribution in [1.82, 2.24) is 10.4 Å². The van der Waals surface area contributed by atoms with Gasteiger partial charge in [0.1, 0.15) is 6.29 Å². The monoisotopic (exact) mass is 218 g/mol. The number of nitrogens with one attached hydrogen (secondary N) is 1. The number of carbonyl (C=O) groups excluding carboxylic acids is 2. The second kappa shape index (κ2) is 4.90. The molecule has 1 N–H and O–H groups in total. The van der Waals surface area contributed by atoms with Crippen LogP contribution in [0.5, 0.6) is 0 Å². The Morgan fingerprint density at radius 1 is 1.38 bits per heavy atom. The van der Waals surface area contributed by atoms with E-state index in [4.69, 9.17) is 0 Å². The fourth-order valence-corrected chi connectivity index (χ4v) is 1.75. The molecule has 1 amide bonds. The summed E-state index contributed by atoms with van der Waals surface area (Å²) < 4.78 is 0. The maximum Gasteiger partial charge on any atom is 0.237 e. The van der Waals surface area contributed by atoms with E-state index in [9.17, 15) is 9.59 Å². The first-order valence-corrected chi connectivity index (χ1v) is 5.35. The minimum atomic E-state index is -0.235. The summed E-state index contributed by atoms with van der Waals surface area (Å²) in [5.74, 6) is 0.0435. The summed E-state index contributed by atoms with van der Waals surface area (Å²) in [6.45, 7) is 0.504. The van der Waals surface area contributed by atoms with Crippen LogP contribution < -0.4 is 5.43 Å². The molecule has 1 saturated heterocycles. The van der Waals surface area contributed by atoms with Gasteiger partial charge in [0.2, 0.25) is 5.91 Å². The second-order valence-corrected chi connectivity index (χ2v) is 3.88. The van der Waals surface area contributed by atoms with E-state index < -0.39 is 0 Å².